The fourth-order valence-electron chi connectivity index (χ4n) is 4.16. The van der Waals surface area contributed by atoms with Crippen LogP contribution in [0.3, 0.4) is 0 Å². The van der Waals surface area contributed by atoms with Crippen LogP contribution in [0.15, 0.2) is 36.4 Å². The molecule has 0 unspecified atom stereocenters. The van der Waals surface area contributed by atoms with Crippen LogP contribution in [0.1, 0.15) is 37.8 Å². The number of rotatable bonds is 4. The van der Waals surface area contributed by atoms with E-state index in [1.165, 1.54) is 29.2 Å². The first-order valence-corrected chi connectivity index (χ1v) is 12.4. The molecule has 0 saturated carbocycles. The molecule has 2 aromatic carbocycles. The molecule has 0 bridgehead atoms. The van der Waals surface area contributed by atoms with Gasteiger partial charge in [-0.25, -0.2) is 4.39 Å². The molecular weight excluding hydrogens is 502 g/mol. The van der Waals surface area contributed by atoms with Gasteiger partial charge >= 0.3 is 6.18 Å². The summed E-state index contributed by atoms with van der Waals surface area (Å²) in [6.45, 7) is 3.11. The minimum Gasteiger partial charge on any atom is -0.487 e. The summed E-state index contributed by atoms with van der Waals surface area (Å²) >= 11 is 7.31. The minimum atomic E-state index is -4.79. The van der Waals surface area contributed by atoms with Crippen LogP contribution in [-0.4, -0.2) is 34.2 Å². The lowest BCUT2D eigenvalue weighted by Gasteiger charge is -2.30. The zero-order valence-corrected chi connectivity index (χ0v) is 20.5. The Labute approximate surface area is 209 Å². The number of alkyl halides is 3. The average Bonchev–Trinajstić information content (AvgIpc) is 2.98. The highest BCUT2D eigenvalue weighted by molar-refractivity contribution is 7.99. The van der Waals surface area contributed by atoms with Gasteiger partial charge in [0.15, 0.2) is 16.7 Å². The highest BCUT2D eigenvalue weighted by Gasteiger charge is 2.51. The molecule has 35 heavy (non-hydrogen) atoms. The second-order valence-electron chi connectivity index (χ2n) is 8.70. The van der Waals surface area contributed by atoms with Gasteiger partial charge in [-0.1, -0.05) is 0 Å². The fraction of sp³-hybridized carbons (Fsp3) is 0.375. The molecule has 11 heteroatoms. The Bertz CT molecular complexity index is 1220. The Hall–Kier alpha value is -2.84. The first-order valence-electron chi connectivity index (χ1n) is 10.8. The Morgan fingerprint density at radius 2 is 1.80 bits per heavy atom. The molecule has 0 N–H and O–H groups in total. The van der Waals surface area contributed by atoms with E-state index in [0.29, 0.717) is 0 Å². The number of amides is 1. The van der Waals surface area contributed by atoms with Gasteiger partial charge in [0.25, 0.3) is 5.91 Å². The number of hydrogen-bond acceptors (Lipinski definition) is 5. The topological polar surface area (TPSA) is 56.6 Å². The molecule has 1 amide bonds. The van der Waals surface area contributed by atoms with E-state index in [2.05, 4.69) is 0 Å². The third kappa shape index (κ3) is 4.69. The van der Waals surface area contributed by atoms with Crippen LogP contribution in [0.4, 0.5) is 28.9 Å². The molecule has 184 valence electrons. The van der Waals surface area contributed by atoms with Gasteiger partial charge in [0.05, 0.1) is 22.9 Å². The predicted molar refractivity (Wildman–Crippen MR) is 130 cm³/mol. The number of thiocarbonyl (C=S) groups is 1. The summed E-state index contributed by atoms with van der Waals surface area (Å²) in [5, 5.41) is 8.95. The highest BCUT2D eigenvalue weighted by atomic mass is 32.2. The number of thioether (sulfide) groups is 1. The van der Waals surface area contributed by atoms with Crippen molar-refractivity contribution in [1.82, 2.24) is 0 Å². The van der Waals surface area contributed by atoms with Crippen LogP contribution in [0.25, 0.3) is 0 Å². The van der Waals surface area contributed by atoms with E-state index in [1.54, 1.807) is 19.9 Å². The summed E-state index contributed by atoms with van der Waals surface area (Å²) in [7, 11) is 0. The van der Waals surface area contributed by atoms with E-state index in [1.807, 2.05) is 11.8 Å². The lowest BCUT2D eigenvalue weighted by Crippen LogP contribution is -2.44. The van der Waals surface area contributed by atoms with Crippen molar-refractivity contribution >= 4 is 46.4 Å². The zero-order chi connectivity index (χ0) is 25.5. The summed E-state index contributed by atoms with van der Waals surface area (Å²) in [6, 6.07) is 8.72. The van der Waals surface area contributed by atoms with E-state index >= 15 is 0 Å². The van der Waals surface area contributed by atoms with Crippen molar-refractivity contribution < 1.29 is 27.1 Å². The van der Waals surface area contributed by atoms with Gasteiger partial charge in [-0.2, -0.15) is 30.2 Å². The van der Waals surface area contributed by atoms with Crippen molar-refractivity contribution in [2.45, 2.75) is 44.5 Å². The summed E-state index contributed by atoms with van der Waals surface area (Å²) in [4.78, 5) is 15.7. The number of carbonyl (C=O) groups excluding carboxylic acids is 1. The SMILES string of the molecule is CC1(C)C(=O)N(c2ccc(C#N)c(C(F)(F)F)c2)C(=S)N1c1ccc(OC2CCSCC2)c(F)c1. The van der Waals surface area contributed by atoms with Crippen LogP contribution >= 0.6 is 24.0 Å². The number of ether oxygens (including phenoxy) is 1. The lowest BCUT2D eigenvalue weighted by molar-refractivity contribution is -0.137. The molecule has 2 heterocycles. The van der Waals surface area contributed by atoms with Crippen molar-refractivity contribution in [1.29, 1.82) is 5.26 Å². The predicted octanol–water partition coefficient (Wildman–Crippen LogP) is 5.91. The number of nitriles is 1. The summed E-state index contributed by atoms with van der Waals surface area (Å²) in [5.74, 6) is 0.788. The third-order valence-electron chi connectivity index (χ3n) is 5.99. The van der Waals surface area contributed by atoms with Crippen LogP contribution in [0.5, 0.6) is 5.75 Å². The average molecular weight is 524 g/mol. The van der Waals surface area contributed by atoms with Crippen molar-refractivity contribution in [3.63, 3.8) is 0 Å². The number of benzene rings is 2. The van der Waals surface area contributed by atoms with Crippen LogP contribution in [0, 0.1) is 17.1 Å². The van der Waals surface area contributed by atoms with Gasteiger partial charge in [0.2, 0.25) is 0 Å². The molecule has 4 rings (SSSR count). The number of carbonyl (C=O) groups is 1. The van der Waals surface area contributed by atoms with Crippen LogP contribution in [-0.2, 0) is 11.0 Å². The first kappa shape index (κ1) is 25.3. The van der Waals surface area contributed by atoms with Crippen molar-refractivity contribution in [2.75, 3.05) is 21.3 Å². The Balaban J connectivity index is 1.67. The zero-order valence-electron chi connectivity index (χ0n) is 18.9. The molecule has 0 radical (unpaired) electrons. The van der Waals surface area contributed by atoms with Crippen LogP contribution < -0.4 is 14.5 Å². The summed E-state index contributed by atoms with van der Waals surface area (Å²) < 4.78 is 61.2. The highest BCUT2D eigenvalue weighted by Crippen LogP contribution is 2.40. The van der Waals surface area contributed by atoms with E-state index in [4.69, 9.17) is 22.2 Å². The molecule has 0 atom stereocenters. The third-order valence-corrected chi connectivity index (χ3v) is 7.40. The number of anilines is 2. The molecule has 0 aliphatic carbocycles. The Morgan fingerprint density at radius 1 is 1.14 bits per heavy atom. The Morgan fingerprint density at radius 3 is 2.40 bits per heavy atom. The Kier molecular flexibility index (Phi) is 6.72. The molecule has 2 aliphatic rings. The number of halogens is 4. The monoisotopic (exact) mass is 523 g/mol. The van der Waals surface area contributed by atoms with E-state index in [-0.39, 0.29) is 28.3 Å². The first-order chi connectivity index (χ1) is 16.4. The maximum absolute atomic E-state index is 15.0. The molecule has 0 aromatic heterocycles. The maximum Gasteiger partial charge on any atom is 0.417 e. The normalized spacial score (nSPS) is 18.7. The van der Waals surface area contributed by atoms with Crippen molar-refractivity contribution in [3.8, 4) is 11.8 Å². The summed E-state index contributed by atoms with van der Waals surface area (Å²) in [6.07, 6.45) is -3.22. The second-order valence-corrected chi connectivity index (χ2v) is 10.3. The largest absolute Gasteiger partial charge is 0.487 e. The van der Waals surface area contributed by atoms with E-state index in [9.17, 15) is 22.4 Å². The number of nitrogens with zero attached hydrogens (tertiary/aromatic N) is 3. The summed E-state index contributed by atoms with van der Waals surface area (Å²) in [5.41, 5.74) is -2.90. The van der Waals surface area contributed by atoms with E-state index in [0.717, 1.165) is 41.4 Å². The standard InChI is InChI=1S/C24H21F4N3O2S2/c1-23(2)21(32)30(15-4-3-14(13-29)18(11-15)24(26,27)28)22(34)31(23)16-5-6-20(19(25)12-16)33-17-7-9-35-10-8-17/h3-6,11-12,17H,7-10H2,1-2H3. The lowest BCUT2D eigenvalue weighted by atomic mass is 10.0. The van der Waals surface area contributed by atoms with Crippen molar-refractivity contribution in [3.05, 3.63) is 53.3 Å². The molecule has 2 aliphatic heterocycles. The molecule has 2 aromatic rings. The van der Waals surface area contributed by atoms with Crippen LogP contribution in [0.2, 0.25) is 0 Å². The smallest absolute Gasteiger partial charge is 0.417 e. The van der Waals surface area contributed by atoms with Gasteiger partial charge in [0, 0.05) is 11.8 Å². The van der Waals surface area contributed by atoms with Gasteiger partial charge in [0.1, 0.15) is 11.6 Å². The van der Waals surface area contributed by atoms with Gasteiger partial charge in [-0.3, -0.25) is 9.69 Å². The fourth-order valence-corrected chi connectivity index (χ4v) is 5.74. The molecule has 2 fully saturated rings. The van der Waals surface area contributed by atoms with Gasteiger partial charge in [-0.15, -0.1) is 0 Å². The molecule has 0 spiro atoms. The second kappa shape index (κ2) is 9.32. The molecular formula is C24H21F4N3O2S2. The maximum atomic E-state index is 15.0. The van der Waals surface area contributed by atoms with Gasteiger partial charge < -0.3 is 9.64 Å². The van der Waals surface area contributed by atoms with E-state index < -0.39 is 34.6 Å². The molecule has 5 nitrogen and oxygen atoms in total. The quantitative estimate of drug-likeness (QED) is 0.367. The minimum absolute atomic E-state index is 0.0721. The number of hydrogen-bond donors (Lipinski definition) is 0. The van der Waals surface area contributed by atoms with Gasteiger partial charge in [-0.05, 0) is 80.7 Å². The molecule has 2 saturated heterocycles. The van der Waals surface area contributed by atoms with Crippen molar-refractivity contribution in [2.24, 2.45) is 0 Å².